The number of hydrogen-bond acceptors (Lipinski definition) is 3. The molecular formula is C18H26N4O2. The number of carbonyl (C=O) groups excluding carboxylic acids is 1. The summed E-state index contributed by atoms with van der Waals surface area (Å²) in [5.74, 6) is 0.223. The van der Waals surface area contributed by atoms with Crippen molar-refractivity contribution in [3.8, 4) is 0 Å². The van der Waals surface area contributed by atoms with E-state index in [4.69, 9.17) is 5.73 Å². The third kappa shape index (κ3) is 2.98. The van der Waals surface area contributed by atoms with Gasteiger partial charge in [-0.15, -0.1) is 0 Å². The summed E-state index contributed by atoms with van der Waals surface area (Å²) in [5.41, 5.74) is 7.80. The predicted molar refractivity (Wildman–Crippen MR) is 94.8 cm³/mol. The highest BCUT2D eigenvalue weighted by atomic mass is 16.2. The molecule has 1 aliphatic heterocycles. The fraction of sp³-hybridized carbons (Fsp3) is 0.556. The van der Waals surface area contributed by atoms with E-state index in [-0.39, 0.29) is 23.6 Å². The van der Waals surface area contributed by atoms with Crippen molar-refractivity contribution in [2.45, 2.75) is 45.2 Å². The summed E-state index contributed by atoms with van der Waals surface area (Å²) in [4.78, 5) is 29.6. The van der Waals surface area contributed by atoms with E-state index in [0.29, 0.717) is 13.1 Å². The number of rotatable bonds is 4. The van der Waals surface area contributed by atoms with Crippen LogP contribution in [0.5, 0.6) is 0 Å². The van der Waals surface area contributed by atoms with Gasteiger partial charge in [0.05, 0.1) is 17.1 Å². The van der Waals surface area contributed by atoms with Gasteiger partial charge in [0.15, 0.2) is 0 Å². The van der Waals surface area contributed by atoms with Crippen molar-refractivity contribution in [1.29, 1.82) is 0 Å². The number of H-pyrrole nitrogens is 1. The van der Waals surface area contributed by atoms with Gasteiger partial charge in [-0.3, -0.25) is 9.36 Å². The van der Waals surface area contributed by atoms with Crippen LogP contribution >= 0.6 is 0 Å². The van der Waals surface area contributed by atoms with E-state index in [0.717, 1.165) is 30.3 Å². The zero-order valence-electron chi connectivity index (χ0n) is 14.4. The maximum absolute atomic E-state index is 12.5. The highest BCUT2D eigenvalue weighted by molar-refractivity contribution is 5.82. The lowest BCUT2D eigenvalue weighted by Crippen LogP contribution is -2.50. The lowest BCUT2D eigenvalue weighted by atomic mass is 9.97. The van der Waals surface area contributed by atoms with Gasteiger partial charge < -0.3 is 15.6 Å². The van der Waals surface area contributed by atoms with Crippen LogP contribution < -0.4 is 11.4 Å². The minimum Gasteiger partial charge on any atom is -0.341 e. The number of fused-ring (bicyclic) bond motifs is 1. The number of aromatic amines is 1. The van der Waals surface area contributed by atoms with Gasteiger partial charge in [-0.25, -0.2) is 4.79 Å². The Morgan fingerprint density at radius 2 is 2.00 bits per heavy atom. The van der Waals surface area contributed by atoms with Gasteiger partial charge >= 0.3 is 5.69 Å². The molecule has 6 heteroatoms. The first-order chi connectivity index (χ1) is 11.5. The third-order valence-electron chi connectivity index (χ3n) is 5.31. The average molecular weight is 330 g/mol. The van der Waals surface area contributed by atoms with E-state index in [1.807, 2.05) is 47.6 Å². The van der Waals surface area contributed by atoms with Crippen LogP contribution in [0.15, 0.2) is 29.1 Å². The largest absolute Gasteiger partial charge is 0.341 e. The number of para-hydroxylation sites is 2. The lowest BCUT2D eigenvalue weighted by molar-refractivity contribution is -0.135. The number of carbonyl (C=O) groups is 1. The number of piperidine rings is 1. The fourth-order valence-electron chi connectivity index (χ4n) is 3.49. The average Bonchev–Trinajstić information content (AvgIpc) is 2.95. The molecule has 1 fully saturated rings. The van der Waals surface area contributed by atoms with E-state index in [1.54, 1.807) is 0 Å². The summed E-state index contributed by atoms with van der Waals surface area (Å²) < 4.78 is 1.84. The lowest BCUT2D eigenvalue weighted by Gasteiger charge is -2.35. The van der Waals surface area contributed by atoms with Crippen molar-refractivity contribution in [1.82, 2.24) is 14.5 Å². The van der Waals surface area contributed by atoms with Crippen LogP contribution in [0.3, 0.4) is 0 Å². The molecule has 0 saturated carbocycles. The van der Waals surface area contributed by atoms with E-state index >= 15 is 0 Å². The smallest absolute Gasteiger partial charge is 0.326 e. The number of imidazole rings is 1. The third-order valence-corrected chi connectivity index (χ3v) is 5.31. The van der Waals surface area contributed by atoms with Crippen LogP contribution in [0.25, 0.3) is 11.0 Å². The molecule has 2 unspecified atom stereocenters. The number of nitrogens with one attached hydrogen (secondary N) is 1. The Morgan fingerprint density at radius 1 is 1.33 bits per heavy atom. The minimum atomic E-state index is -0.428. The molecule has 1 amide bonds. The second kappa shape index (κ2) is 6.81. The quantitative estimate of drug-likeness (QED) is 0.897. The van der Waals surface area contributed by atoms with Crippen molar-refractivity contribution in [3.63, 3.8) is 0 Å². The van der Waals surface area contributed by atoms with Crippen LogP contribution in [-0.2, 0) is 4.79 Å². The summed E-state index contributed by atoms with van der Waals surface area (Å²) in [6.45, 7) is 5.37. The van der Waals surface area contributed by atoms with Gasteiger partial charge in [0, 0.05) is 19.1 Å². The Balaban J connectivity index is 1.72. The molecule has 2 heterocycles. The van der Waals surface area contributed by atoms with E-state index in [2.05, 4.69) is 4.98 Å². The molecule has 1 aromatic carbocycles. The van der Waals surface area contributed by atoms with Crippen molar-refractivity contribution < 1.29 is 4.79 Å². The summed E-state index contributed by atoms with van der Waals surface area (Å²) in [6, 6.07) is 7.43. The Bertz CT molecular complexity index is 771. The van der Waals surface area contributed by atoms with Crippen LogP contribution in [0.2, 0.25) is 0 Å². The van der Waals surface area contributed by atoms with E-state index < -0.39 is 6.04 Å². The molecule has 24 heavy (non-hydrogen) atoms. The molecule has 0 bridgehead atoms. The van der Waals surface area contributed by atoms with Gasteiger partial charge in [0.25, 0.3) is 0 Å². The molecule has 1 aromatic heterocycles. The number of amides is 1. The maximum atomic E-state index is 12.5. The topological polar surface area (TPSA) is 84.1 Å². The molecule has 0 spiro atoms. The monoisotopic (exact) mass is 330 g/mol. The van der Waals surface area contributed by atoms with Gasteiger partial charge in [-0.1, -0.05) is 32.4 Å². The molecular weight excluding hydrogens is 304 g/mol. The van der Waals surface area contributed by atoms with Gasteiger partial charge in [0.2, 0.25) is 5.91 Å². The molecule has 3 N–H and O–H groups in total. The van der Waals surface area contributed by atoms with Crippen LogP contribution in [-0.4, -0.2) is 39.5 Å². The van der Waals surface area contributed by atoms with E-state index in [9.17, 15) is 9.59 Å². The Labute approximate surface area is 141 Å². The number of hydrogen-bond donors (Lipinski definition) is 2. The van der Waals surface area contributed by atoms with Crippen molar-refractivity contribution >= 4 is 16.9 Å². The number of nitrogens with zero attached hydrogens (tertiary/aromatic N) is 2. The van der Waals surface area contributed by atoms with Gasteiger partial charge in [-0.05, 0) is 30.9 Å². The second-order valence-corrected chi connectivity index (χ2v) is 6.79. The molecule has 3 rings (SSSR count). The number of aromatic nitrogens is 2. The van der Waals surface area contributed by atoms with Crippen LogP contribution in [0.1, 0.15) is 39.2 Å². The zero-order chi connectivity index (χ0) is 17.3. The Morgan fingerprint density at radius 3 is 2.67 bits per heavy atom. The summed E-state index contributed by atoms with van der Waals surface area (Å²) >= 11 is 0. The van der Waals surface area contributed by atoms with Crippen LogP contribution in [0.4, 0.5) is 0 Å². The molecule has 0 radical (unpaired) electrons. The number of benzene rings is 1. The first kappa shape index (κ1) is 16.8. The molecule has 0 aliphatic carbocycles. The molecule has 6 nitrogen and oxygen atoms in total. The fourth-order valence-corrected chi connectivity index (χ4v) is 3.49. The minimum absolute atomic E-state index is 0.0362. The van der Waals surface area contributed by atoms with Gasteiger partial charge in [0.1, 0.15) is 0 Å². The summed E-state index contributed by atoms with van der Waals surface area (Å²) in [6.07, 6.45) is 2.45. The van der Waals surface area contributed by atoms with E-state index in [1.165, 1.54) is 0 Å². The molecule has 130 valence electrons. The Hall–Kier alpha value is -2.08. The van der Waals surface area contributed by atoms with Crippen LogP contribution in [0, 0.1) is 5.92 Å². The number of nitrogens with two attached hydrogens (primary N) is 1. The zero-order valence-corrected chi connectivity index (χ0v) is 14.4. The summed E-state index contributed by atoms with van der Waals surface area (Å²) in [7, 11) is 0. The van der Waals surface area contributed by atoms with Crippen molar-refractivity contribution in [2.75, 3.05) is 13.1 Å². The molecule has 1 saturated heterocycles. The first-order valence-corrected chi connectivity index (χ1v) is 8.76. The van der Waals surface area contributed by atoms with Crippen molar-refractivity contribution in [2.24, 2.45) is 11.7 Å². The predicted octanol–water partition coefficient (Wildman–Crippen LogP) is 1.87. The normalized spacial score (nSPS) is 18.7. The highest BCUT2D eigenvalue weighted by Crippen LogP contribution is 2.25. The first-order valence-electron chi connectivity index (χ1n) is 8.76. The second-order valence-electron chi connectivity index (χ2n) is 6.79. The summed E-state index contributed by atoms with van der Waals surface area (Å²) in [5, 5.41) is 0. The van der Waals surface area contributed by atoms with Gasteiger partial charge in [-0.2, -0.15) is 0 Å². The SMILES string of the molecule is CCC(C)C(N)C(=O)N1CCC(n2c(=O)[nH]c3ccccc32)CC1. The molecule has 2 atom stereocenters. The van der Waals surface area contributed by atoms with Crippen molar-refractivity contribution in [3.05, 3.63) is 34.7 Å². The Kier molecular flexibility index (Phi) is 4.76. The standard InChI is InChI=1S/C18H26N4O2/c1-3-12(2)16(19)17(23)21-10-8-13(9-11-21)22-15-7-5-4-6-14(15)20-18(22)24/h4-7,12-13,16H,3,8-11,19H2,1-2H3,(H,20,24). The molecule has 1 aliphatic rings. The molecule has 2 aromatic rings. The number of likely N-dealkylation sites (tertiary alicyclic amines) is 1. The highest BCUT2D eigenvalue weighted by Gasteiger charge is 2.30. The maximum Gasteiger partial charge on any atom is 0.326 e.